The molecule has 2 atom stereocenters. The van der Waals surface area contributed by atoms with Gasteiger partial charge in [-0.1, -0.05) is 67.8 Å². The van der Waals surface area contributed by atoms with Crippen molar-refractivity contribution in [1.29, 1.82) is 0 Å². The van der Waals surface area contributed by atoms with Gasteiger partial charge in [-0.05, 0) is 19.3 Å². The predicted octanol–water partition coefficient (Wildman–Crippen LogP) is 5.07. The lowest BCUT2D eigenvalue weighted by atomic mass is 10.1. The van der Waals surface area contributed by atoms with Gasteiger partial charge in [0.05, 0.1) is 6.10 Å². The van der Waals surface area contributed by atoms with E-state index in [4.69, 9.17) is 4.74 Å². The van der Waals surface area contributed by atoms with Crippen LogP contribution in [0.15, 0.2) is 0 Å². The van der Waals surface area contributed by atoms with Gasteiger partial charge in [-0.25, -0.2) is 0 Å². The summed E-state index contributed by atoms with van der Waals surface area (Å²) in [5.74, 6) is 0. The molecule has 0 aromatic rings. The molecule has 0 aliphatic heterocycles. The first-order valence-electron chi connectivity index (χ1n) is 7.10. The third kappa shape index (κ3) is 6.24. The molecule has 1 nitrogen and oxygen atoms in total. The van der Waals surface area contributed by atoms with Crippen LogP contribution in [0.1, 0.15) is 71.1 Å². The average Bonchev–Trinajstić information content (AvgIpc) is 2.49. The quantitative estimate of drug-likeness (QED) is 0.361. The second kappa shape index (κ2) is 9.47. The van der Waals surface area contributed by atoms with Gasteiger partial charge in [0.2, 0.25) is 0 Å². The van der Waals surface area contributed by atoms with Crippen LogP contribution in [0.25, 0.3) is 0 Å². The lowest BCUT2D eigenvalue weighted by Gasteiger charge is -2.20. The summed E-state index contributed by atoms with van der Waals surface area (Å²) < 4.78 is 6.01. The van der Waals surface area contributed by atoms with Crippen molar-refractivity contribution < 1.29 is 4.74 Å². The van der Waals surface area contributed by atoms with E-state index in [2.05, 4.69) is 22.9 Å². The molecule has 16 heavy (non-hydrogen) atoms. The van der Waals surface area contributed by atoms with E-state index in [9.17, 15) is 0 Å². The van der Waals surface area contributed by atoms with Crippen LogP contribution in [0.3, 0.4) is 0 Å². The van der Waals surface area contributed by atoms with Crippen molar-refractivity contribution in [3.63, 3.8) is 0 Å². The Kier molecular flexibility index (Phi) is 8.58. The highest BCUT2D eigenvalue weighted by molar-refractivity contribution is 9.09. The summed E-state index contributed by atoms with van der Waals surface area (Å²) in [5.41, 5.74) is 0. The fourth-order valence-corrected chi connectivity index (χ4v) is 3.10. The maximum atomic E-state index is 6.01. The zero-order valence-electron chi connectivity index (χ0n) is 10.7. The Bertz CT molecular complexity index is 161. The van der Waals surface area contributed by atoms with Gasteiger partial charge in [0, 0.05) is 11.4 Å². The van der Waals surface area contributed by atoms with Crippen LogP contribution in [0.4, 0.5) is 0 Å². The molecule has 1 aliphatic rings. The van der Waals surface area contributed by atoms with Gasteiger partial charge in [-0.3, -0.25) is 0 Å². The Morgan fingerprint density at radius 3 is 2.56 bits per heavy atom. The van der Waals surface area contributed by atoms with E-state index in [1.165, 1.54) is 64.2 Å². The highest BCUT2D eigenvalue weighted by Gasteiger charge is 2.21. The number of rotatable bonds is 7. The van der Waals surface area contributed by atoms with Crippen molar-refractivity contribution in [1.82, 2.24) is 0 Å². The van der Waals surface area contributed by atoms with Gasteiger partial charge in [0.1, 0.15) is 0 Å². The molecular formula is C14H27BrO. The summed E-state index contributed by atoms with van der Waals surface area (Å²) in [7, 11) is 0. The van der Waals surface area contributed by atoms with Crippen molar-refractivity contribution in [3.8, 4) is 0 Å². The maximum Gasteiger partial charge on any atom is 0.0700 e. The number of alkyl halides is 1. The number of unbranched alkanes of at least 4 members (excludes halogenated alkanes) is 4. The van der Waals surface area contributed by atoms with Gasteiger partial charge in [0.15, 0.2) is 0 Å². The minimum atomic E-state index is 0.480. The van der Waals surface area contributed by atoms with Gasteiger partial charge in [-0.2, -0.15) is 0 Å². The third-order valence-electron chi connectivity index (χ3n) is 3.45. The second-order valence-electron chi connectivity index (χ2n) is 4.98. The van der Waals surface area contributed by atoms with E-state index in [0.717, 1.165) is 6.61 Å². The van der Waals surface area contributed by atoms with Crippen molar-refractivity contribution >= 4 is 15.9 Å². The minimum Gasteiger partial charge on any atom is -0.377 e. The summed E-state index contributed by atoms with van der Waals surface area (Å²) in [4.78, 5) is 0.602. The molecule has 0 aromatic carbocycles. The smallest absolute Gasteiger partial charge is 0.0700 e. The SMILES string of the molecule is CCCCCCCOC1CCCCCC1Br. The molecule has 2 unspecified atom stereocenters. The first-order valence-corrected chi connectivity index (χ1v) is 8.02. The van der Waals surface area contributed by atoms with Crippen LogP contribution in [0.2, 0.25) is 0 Å². The van der Waals surface area contributed by atoms with Crippen LogP contribution in [0, 0.1) is 0 Å². The van der Waals surface area contributed by atoms with Crippen molar-refractivity contribution in [2.75, 3.05) is 6.61 Å². The molecule has 0 spiro atoms. The Labute approximate surface area is 109 Å². The van der Waals surface area contributed by atoms with Crippen molar-refractivity contribution in [2.45, 2.75) is 82.1 Å². The van der Waals surface area contributed by atoms with E-state index in [-0.39, 0.29) is 0 Å². The predicted molar refractivity (Wildman–Crippen MR) is 74.3 cm³/mol. The fourth-order valence-electron chi connectivity index (χ4n) is 2.36. The third-order valence-corrected chi connectivity index (χ3v) is 4.50. The van der Waals surface area contributed by atoms with Gasteiger partial charge >= 0.3 is 0 Å². The highest BCUT2D eigenvalue weighted by atomic mass is 79.9. The number of hydrogen-bond acceptors (Lipinski definition) is 1. The number of hydrogen-bond donors (Lipinski definition) is 0. The minimum absolute atomic E-state index is 0.480. The van der Waals surface area contributed by atoms with E-state index in [0.29, 0.717) is 10.9 Å². The van der Waals surface area contributed by atoms with Crippen LogP contribution >= 0.6 is 15.9 Å². The van der Waals surface area contributed by atoms with E-state index < -0.39 is 0 Å². The molecule has 96 valence electrons. The molecule has 1 fully saturated rings. The van der Waals surface area contributed by atoms with Crippen molar-refractivity contribution in [2.24, 2.45) is 0 Å². The van der Waals surface area contributed by atoms with Gasteiger partial charge < -0.3 is 4.74 Å². The fraction of sp³-hybridized carbons (Fsp3) is 1.00. The summed E-state index contributed by atoms with van der Waals surface area (Å²) >= 11 is 3.77. The van der Waals surface area contributed by atoms with E-state index in [1.54, 1.807) is 0 Å². The molecule has 0 radical (unpaired) electrons. The molecule has 0 amide bonds. The van der Waals surface area contributed by atoms with Crippen molar-refractivity contribution in [3.05, 3.63) is 0 Å². The zero-order valence-corrected chi connectivity index (χ0v) is 12.3. The van der Waals surface area contributed by atoms with Crippen LogP contribution in [-0.2, 0) is 4.74 Å². The standard InChI is InChI=1S/C14H27BrO/c1-2-3-4-5-9-12-16-14-11-8-6-7-10-13(14)15/h13-14H,2-12H2,1H3. The van der Waals surface area contributed by atoms with Crippen LogP contribution in [0.5, 0.6) is 0 Å². The largest absolute Gasteiger partial charge is 0.377 e. The molecule has 0 heterocycles. The zero-order chi connectivity index (χ0) is 11.6. The molecule has 0 aromatic heterocycles. The lowest BCUT2D eigenvalue weighted by molar-refractivity contribution is 0.0458. The Balaban J connectivity index is 2.01. The maximum absolute atomic E-state index is 6.01. The van der Waals surface area contributed by atoms with Gasteiger partial charge in [0.25, 0.3) is 0 Å². The molecule has 0 N–H and O–H groups in total. The molecule has 1 rings (SSSR count). The highest BCUT2D eigenvalue weighted by Crippen LogP contribution is 2.26. The summed E-state index contributed by atoms with van der Waals surface area (Å²) in [6.45, 7) is 3.23. The molecular weight excluding hydrogens is 264 g/mol. The number of ether oxygens (including phenoxy) is 1. The molecule has 2 heteroatoms. The van der Waals surface area contributed by atoms with Crippen LogP contribution < -0.4 is 0 Å². The monoisotopic (exact) mass is 290 g/mol. The molecule has 0 saturated heterocycles. The average molecular weight is 291 g/mol. The first-order chi connectivity index (χ1) is 7.84. The molecule has 0 bridgehead atoms. The Morgan fingerprint density at radius 1 is 1.00 bits per heavy atom. The van der Waals surface area contributed by atoms with E-state index >= 15 is 0 Å². The van der Waals surface area contributed by atoms with E-state index in [1.807, 2.05) is 0 Å². The Morgan fingerprint density at radius 2 is 1.75 bits per heavy atom. The topological polar surface area (TPSA) is 9.23 Å². The van der Waals surface area contributed by atoms with Gasteiger partial charge in [-0.15, -0.1) is 0 Å². The summed E-state index contributed by atoms with van der Waals surface area (Å²) in [6.07, 6.45) is 13.8. The second-order valence-corrected chi connectivity index (χ2v) is 6.15. The summed E-state index contributed by atoms with van der Waals surface area (Å²) in [5, 5.41) is 0. The number of halogens is 1. The summed E-state index contributed by atoms with van der Waals surface area (Å²) in [6, 6.07) is 0. The van der Waals surface area contributed by atoms with Crippen LogP contribution in [-0.4, -0.2) is 17.5 Å². The normalized spacial score (nSPS) is 26.6. The Hall–Kier alpha value is 0.440. The molecule has 1 aliphatic carbocycles. The molecule has 1 saturated carbocycles. The first kappa shape index (κ1) is 14.5. The lowest BCUT2D eigenvalue weighted by Crippen LogP contribution is -2.23.